The summed E-state index contributed by atoms with van der Waals surface area (Å²) < 4.78 is 15.1. The number of aromatic nitrogens is 2. The number of carbonyl (C=O) groups excluding carboxylic acids is 1. The van der Waals surface area contributed by atoms with Crippen LogP contribution in [0.25, 0.3) is 5.69 Å². The molecule has 1 N–H and O–H groups in total. The molecule has 3 aliphatic rings. The third-order valence-corrected chi connectivity index (χ3v) is 6.39. The summed E-state index contributed by atoms with van der Waals surface area (Å²) in [7, 11) is 0. The van der Waals surface area contributed by atoms with Crippen molar-refractivity contribution in [2.45, 2.75) is 57.0 Å². The second-order valence-corrected chi connectivity index (χ2v) is 7.98. The number of carbonyl (C=O) groups is 1. The van der Waals surface area contributed by atoms with E-state index >= 15 is 0 Å². The van der Waals surface area contributed by atoms with Crippen LogP contribution in [0.4, 0.5) is 4.39 Å². The van der Waals surface area contributed by atoms with E-state index in [0.29, 0.717) is 11.7 Å². The summed E-state index contributed by atoms with van der Waals surface area (Å²) in [6.45, 7) is 2.24. The fourth-order valence-corrected chi connectivity index (χ4v) is 5.07. The topological polar surface area (TPSA) is 50.2 Å². The van der Waals surface area contributed by atoms with Crippen LogP contribution in [0.15, 0.2) is 24.3 Å². The molecule has 1 aromatic carbocycles. The van der Waals surface area contributed by atoms with E-state index in [1.165, 1.54) is 31.4 Å². The van der Waals surface area contributed by atoms with Gasteiger partial charge in [0.05, 0.1) is 5.69 Å². The van der Waals surface area contributed by atoms with Crippen LogP contribution in [0.3, 0.4) is 0 Å². The van der Waals surface area contributed by atoms with E-state index in [4.69, 9.17) is 0 Å². The lowest BCUT2D eigenvalue weighted by atomic mass is 9.99. The molecule has 0 saturated carbocycles. The third kappa shape index (κ3) is 2.96. The van der Waals surface area contributed by atoms with Gasteiger partial charge >= 0.3 is 0 Å². The number of nitrogens with one attached hydrogen (secondary N) is 1. The standard InChI is InChI=1S/C21H25FN4O/c22-14-7-9-15(10-8-14)26-18-6-3-4-16(18)20(24-26)21(27)23-17-11-13-25-12-2-1-5-19(17)25/h7-10,17,19H,1-6,11-13H2,(H,23,27). The number of amides is 1. The van der Waals surface area contributed by atoms with Gasteiger partial charge < -0.3 is 5.32 Å². The molecular weight excluding hydrogens is 343 g/mol. The summed E-state index contributed by atoms with van der Waals surface area (Å²) >= 11 is 0. The Bertz CT molecular complexity index is 860. The quantitative estimate of drug-likeness (QED) is 0.906. The Balaban J connectivity index is 1.41. The number of hydrogen-bond acceptors (Lipinski definition) is 3. The number of halogens is 1. The summed E-state index contributed by atoms with van der Waals surface area (Å²) in [5.74, 6) is -0.315. The van der Waals surface area contributed by atoms with E-state index in [2.05, 4.69) is 15.3 Å². The highest BCUT2D eigenvalue weighted by molar-refractivity contribution is 5.94. The molecule has 2 unspecified atom stereocenters. The molecule has 2 aliphatic heterocycles. The van der Waals surface area contributed by atoms with Crippen molar-refractivity contribution in [3.63, 3.8) is 0 Å². The molecule has 0 bridgehead atoms. The van der Waals surface area contributed by atoms with Crippen LogP contribution in [0.5, 0.6) is 0 Å². The lowest BCUT2D eigenvalue weighted by Crippen LogP contribution is -2.47. The van der Waals surface area contributed by atoms with Crippen LogP contribution in [0, 0.1) is 5.82 Å². The smallest absolute Gasteiger partial charge is 0.272 e. The number of piperidine rings is 1. The first-order valence-electron chi connectivity index (χ1n) is 10.1. The number of fused-ring (bicyclic) bond motifs is 2. The Hall–Kier alpha value is -2.21. The molecule has 3 heterocycles. The molecule has 6 heteroatoms. The molecule has 1 aromatic heterocycles. The zero-order valence-electron chi connectivity index (χ0n) is 15.5. The number of benzene rings is 1. The third-order valence-electron chi connectivity index (χ3n) is 6.39. The lowest BCUT2D eigenvalue weighted by Gasteiger charge is -2.32. The second kappa shape index (κ2) is 6.75. The average Bonchev–Trinajstić information content (AvgIpc) is 3.38. The highest BCUT2D eigenvalue weighted by Crippen LogP contribution is 2.30. The minimum absolute atomic E-state index is 0.0496. The summed E-state index contributed by atoms with van der Waals surface area (Å²) in [6.07, 6.45) is 7.56. The summed E-state index contributed by atoms with van der Waals surface area (Å²) in [5, 5.41) is 7.93. The van der Waals surface area contributed by atoms with Crippen LogP contribution in [0.1, 0.15) is 53.8 Å². The normalized spacial score (nSPS) is 24.6. The molecule has 1 amide bonds. The Morgan fingerprint density at radius 3 is 2.78 bits per heavy atom. The molecule has 2 fully saturated rings. The molecule has 0 spiro atoms. The summed E-state index contributed by atoms with van der Waals surface area (Å²) in [4.78, 5) is 15.6. The van der Waals surface area contributed by atoms with Gasteiger partial charge in [0.1, 0.15) is 5.82 Å². The van der Waals surface area contributed by atoms with Crippen LogP contribution in [-0.4, -0.2) is 45.8 Å². The molecule has 5 rings (SSSR count). The molecule has 2 atom stereocenters. The van der Waals surface area contributed by atoms with Gasteiger partial charge in [0, 0.05) is 29.9 Å². The number of nitrogens with zero attached hydrogens (tertiary/aromatic N) is 3. The van der Waals surface area contributed by atoms with Crippen molar-refractivity contribution >= 4 is 5.91 Å². The highest BCUT2D eigenvalue weighted by atomic mass is 19.1. The molecular formula is C21H25FN4O. The molecule has 5 nitrogen and oxygen atoms in total. The Morgan fingerprint density at radius 1 is 1.07 bits per heavy atom. The zero-order valence-corrected chi connectivity index (χ0v) is 15.5. The first-order valence-corrected chi connectivity index (χ1v) is 10.1. The zero-order chi connectivity index (χ0) is 18.4. The van der Waals surface area contributed by atoms with Gasteiger partial charge in [-0.15, -0.1) is 0 Å². The minimum atomic E-state index is -0.265. The minimum Gasteiger partial charge on any atom is -0.346 e. The van der Waals surface area contributed by atoms with Crippen molar-refractivity contribution in [1.82, 2.24) is 20.0 Å². The molecule has 27 heavy (non-hydrogen) atoms. The fraction of sp³-hybridized carbons (Fsp3) is 0.524. The van der Waals surface area contributed by atoms with Gasteiger partial charge in [-0.25, -0.2) is 9.07 Å². The lowest BCUT2D eigenvalue weighted by molar-refractivity contribution is 0.0909. The highest BCUT2D eigenvalue weighted by Gasteiger charge is 2.37. The van der Waals surface area contributed by atoms with Crippen LogP contribution in [-0.2, 0) is 12.8 Å². The van der Waals surface area contributed by atoms with E-state index in [1.807, 2.05) is 4.68 Å². The largest absolute Gasteiger partial charge is 0.346 e. The van der Waals surface area contributed by atoms with Gasteiger partial charge in [0.15, 0.2) is 5.69 Å². The van der Waals surface area contributed by atoms with E-state index < -0.39 is 0 Å². The number of rotatable bonds is 3. The van der Waals surface area contributed by atoms with Crippen molar-refractivity contribution in [2.24, 2.45) is 0 Å². The molecule has 142 valence electrons. The van der Waals surface area contributed by atoms with Crippen molar-refractivity contribution in [2.75, 3.05) is 13.1 Å². The Labute approximate surface area is 158 Å². The van der Waals surface area contributed by atoms with Crippen molar-refractivity contribution in [3.05, 3.63) is 47.0 Å². The van der Waals surface area contributed by atoms with Crippen LogP contribution < -0.4 is 5.32 Å². The Morgan fingerprint density at radius 2 is 1.93 bits per heavy atom. The van der Waals surface area contributed by atoms with Crippen molar-refractivity contribution in [3.8, 4) is 5.69 Å². The molecule has 1 aliphatic carbocycles. The summed E-state index contributed by atoms with van der Waals surface area (Å²) in [6, 6.07) is 7.03. The monoisotopic (exact) mass is 368 g/mol. The Kier molecular flexibility index (Phi) is 4.23. The summed E-state index contributed by atoms with van der Waals surface area (Å²) in [5.41, 5.74) is 3.53. The van der Waals surface area contributed by atoms with E-state index in [0.717, 1.165) is 55.7 Å². The maximum Gasteiger partial charge on any atom is 0.272 e. The van der Waals surface area contributed by atoms with Crippen molar-refractivity contribution < 1.29 is 9.18 Å². The van der Waals surface area contributed by atoms with Gasteiger partial charge in [-0.05, 0) is 69.3 Å². The predicted octanol–water partition coefficient (Wildman–Crippen LogP) is 2.86. The van der Waals surface area contributed by atoms with Crippen molar-refractivity contribution in [1.29, 1.82) is 0 Å². The average molecular weight is 368 g/mol. The first kappa shape index (κ1) is 16.9. The maximum absolute atomic E-state index is 13.3. The van der Waals surface area contributed by atoms with Gasteiger partial charge in [0.25, 0.3) is 5.91 Å². The second-order valence-electron chi connectivity index (χ2n) is 7.98. The van der Waals surface area contributed by atoms with E-state index in [9.17, 15) is 9.18 Å². The van der Waals surface area contributed by atoms with Crippen LogP contribution in [0.2, 0.25) is 0 Å². The fourth-order valence-electron chi connectivity index (χ4n) is 5.07. The van der Waals surface area contributed by atoms with Gasteiger partial charge in [-0.2, -0.15) is 5.10 Å². The first-order chi connectivity index (χ1) is 13.2. The van der Waals surface area contributed by atoms with Gasteiger partial charge in [-0.3, -0.25) is 9.69 Å². The molecule has 2 saturated heterocycles. The SMILES string of the molecule is O=C(NC1CCN2CCCCC12)c1nn(-c2ccc(F)cc2)c2c1CCC2. The predicted molar refractivity (Wildman–Crippen MR) is 101 cm³/mol. The maximum atomic E-state index is 13.3. The van der Waals surface area contributed by atoms with Gasteiger partial charge in [-0.1, -0.05) is 6.42 Å². The van der Waals surface area contributed by atoms with E-state index in [1.54, 1.807) is 12.1 Å². The number of hydrogen-bond donors (Lipinski definition) is 1. The van der Waals surface area contributed by atoms with Gasteiger partial charge in [0.2, 0.25) is 0 Å². The van der Waals surface area contributed by atoms with E-state index in [-0.39, 0.29) is 17.8 Å². The van der Waals surface area contributed by atoms with Crippen LogP contribution >= 0.6 is 0 Å². The molecule has 2 aromatic rings. The molecule has 0 radical (unpaired) electrons.